The van der Waals surface area contributed by atoms with Gasteiger partial charge in [0.1, 0.15) is 6.10 Å². The van der Waals surface area contributed by atoms with Gasteiger partial charge in [-0.05, 0) is 112 Å². The molecule has 0 heterocycles. The molecule has 0 radical (unpaired) electrons. The molecule has 4 rings (SSSR count). The van der Waals surface area contributed by atoms with Crippen molar-refractivity contribution >= 4 is 6.09 Å². The van der Waals surface area contributed by atoms with E-state index in [0.717, 1.165) is 32.1 Å². The summed E-state index contributed by atoms with van der Waals surface area (Å²) in [4.78, 5) is 12.8. The number of fused-ring (bicyclic) bond motifs is 5. The van der Waals surface area contributed by atoms with Gasteiger partial charge in [-0.25, -0.2) is 4.79 Å². The smallest absolute Gasteiger partial charge is 0.407 e. The highest BCUT2D eigenvalue weighted by atomic mass is 16.6. The van der Waals surface area contributed by atoms with Crippen molar-refractivity contribution in [2.75, 3.05) is 0 Å². The van der Waals surface area contributed by atoms with Crippen LogP contribution in [0.25, 0.3) is 0 Å². The maximum Gasteiger partial charge on any atom is 0.407 e. The highest BCUT2D eigenvalue weighted by molar-refractivity contribution is 5.67. The zero-order chi connectivity index (χ0) is 24.8. The van der Waals surface area contributed by atoms with E-state index in [0.29, 0.717) is 47.7 Å². The van der Waals surface area contributed by atoms with E-state index in [1.54, 1.807) is 0 Å². The number of rotatable bonds is 6. The fraction of sp³-hybridized carbons (Fsp3) is 0.897. The minimum atomic E-state index is -0.282. The van der Waals surface area contributed by atoms with Gasteiger partial charge in [0.05, 0.1) is 11.9 Å². The fourth-order valence-electron chi connectivity index (χ4n) is 9.28. The van der Waals surface area contributed by atoms with Crippen LogP contribution in [0.5, 0.6) is 0 Å². The minimum Gasteiger partial charge on any atom is -0.513 e. The standard InChI is InChI=1S/C29H49NO4/c1-17(2)30-27(33)34-25-16-20-15-21(32)11-13-28(20,5)24-12-14-29(6)22(9-10-23(29)26(24)25)18(3)7-8-19(4)31/h17-18,20-26,31-32H,4,7-16H2,1-3,5-6H3,(H,30,33)/t18-,20+,21-,22-,23+,24+,25-,26+,28+,29-/m1/s1. The predicted molar refractivity (Wildman–Crippen MR) is 135 cm³/mol. The summed E-state index contributed by atoms with van der Waals surface area (Å²) in [5.41, 5.74) is 0.489. The van der Waals surface area contributed by atoms with E-state index >= 15 is 0 Å². The first-order chi connectivity index (χ1) is 16.0. The average Bonchev–Trinajstić information content (AvgIpc) is 3.09. The van der Waals surface area contributed by atoms with E-state index in [1.807, 2.05) is 13.8 Å². The first-order valence-electron chi connectivity index (χ1n) is 14.0. The molecule has 34 heavy (non-hydrogen) atoms. The van der Waals surface area contributed by atoms with Crippen LogP contribution in [0, 0.1) is 46.3 Å². The van der Waals surface area contributed by atoms with Gasteiger partial charge < -0.3 is 20.3 Å². The molecule has 0 saturated heterocycles. The van der Waals surface area contributed by atoms with Crippen molar-refractivity contribution in [2.45, 2.75) is 117 Å². The lowest BCUT2D eigenvalue weighted by molar-refractivity contribution is -0.174. The Morgan fingerprint density at radius 2 is 1.74 bits per heavy atom. The van der Waals surface area contributed by atoms with E-state index in [-0.39, 0.29) is 35.2 Å². The van der Waals surface area contributed by atoms with Crippen molar-refractivity contribution < 1.29 is 19.7 Å². The number of hydrogen-bond donors (Lipinski definition) is 3. The number of nitrogens with one attached hydrogen (secondary N) is 1. The molecule has 4 aliphatic carbocycles. The lowest BCUT2D eigenvalue weighted by atomic mass is 9.43. The molecule has 0 aromatic rings. The zero-order valence-electron chi connectivity index (χ0n) is 22.2. The SMILES string of the molecule is C=C(O)CC[C@@H](C)[C@H]1CC[C@H]2[C@@H]3[C@H](OC(=O)NC(C)C)C[C@@H]4C[C@H](O)CC[C@]4(C)[C@H]3CC[C@]12C. The van der Waals surface area contributed by atoms with Crippen LogP contribution in [0.1, 0.15) is 98.8 Å². The monoisotopic (exact) mass is 475 g/mol. The predicted octanol–water partition coefficient (Wildman–Crippen LogP) is 6.61. The summed E-state index contributed by atoms with van der Waals surface area (Å²) in [5, 5.41) is 23.1. The Hall–Kier alpha value is -1.23. The normalized spacial score (nSPS) is 44.5. The fourth-order valence-corrected chi connectivity index (χ4v) is 9.28. The second-order valence-electron chi connectivity index (χ2n) is 13.2. The molecular formula is C29H49NO4. The molecule has 1 amide bonds. The second kappa shape index (κ2) is 9.67. The molecule has 3 N–H and O–H groups in total. The van der Waals surface area contributed by atoms with Gasteiger partial charge in [0.25, 0.3) is 0 Å². The third-order valence-corrected chi connectivity index (χ3v) is 10.9. The third kappa shape index (κ3) is 4.63. The van der Waals surface area contributed by atoms with E-state index in [1.165, 1.54) is 25.7 Å². The van der Waals surface area contributed by atoms with Crippen molar-refractivity contribution in [3.05, 3.63) is 12.3 Å². The number of carbonyl (C=O) groups excluding carboxylic acids is 1. The van der Waals surface area contributed by atoms with Crippen LogP contribution in [0.4, 0.5) is 4.79 Å². The average molecular weight is 476 g/mol. The molecule has 4 aliphatic rings. The topological polar surface area (TPSA) is 78.8 Å². The first kappa shape index (κ1) is 25.9. The van der Waals surface area contributed by atoms with Gasteiger partial charge in [0.2, 0.25) is 0 Å². The summed E-state index contributed by atoms with van der Waals surface area (Å²) in [5.74, 6) is 3.43. The Balaban J connectivity index is 1.61. The molecule has 10 atom stereocenters. The van der Waals surface area contributed by atoms with Crippen molar-refractivity contribution in [1.29, 1.82) is 0 Å². The maximum atomic E-state index is 12.8. The summed E-state index contributed by atoms with van der Waals surface area (Å²) in [6.45, 7) is 15.0. The molecule has 4 saturated carbocycles. The van der Waals surface area contributed by atoms with Crippen molar-refractivity contribution in [1.82, 2.24) is 5.32 Å². The highest BCUT2D eigenvalue weighted by Crippen LogP contribution is 2.68. The zero-order valence-corrected chi connectivity index (χ0v) is 22.2. The van der Waals surface area contributed by atoms with Gasteiger partial charge in [0, 0.05) is 18.4 Å². The van der Waals surface area contributed by atoms with Gasteiger partial charge in [-0.2, -0.15) is 0 Å². The number of aliphatic hydroxyl groups is 2. The van der Waals surface area contributed by atoms with E-state index in [2.05, 4.69) is 32.7 Å². The molecule has 4 fully saturated rings. The Labute approximate surface area is 207 Å². The van der Waals surface area contributed by atoms with Crippen LogP contribution >= 0.6 is 0 Å². The van der Waals surface area contributed by atoms with E-state index < -0.39 is 0 Å². The van der Waals surface area contributed by atoms with E-state index in [9.17, 15) is 15.0 Å². The van der Waals surface area contributed by atoms with Crippen molar-refractivity contribution in [2.24, 2.45) is 46.3 Å². The Kier molecular flexibility index (Phi) is 7.35. The van der Waals surface area contributed by atoms with Crippen LogP contribution in [-0.4, -0.2) is 34.6 Å². The largest absolute Gasteiger partial charge is 0.513 e. The van der Waals surface area contributed by atoms with E-state index in [4.69, 9.17) is 4.74 Å². The molecule has 0 spiro atoms. The summed E-state index contributed by atoms with van der Waals surface area (Å²) < 4.78 is 6.25. The number of hydrogen-bond acceptors (Lipinski definition) is 4. The van der Waals surface area contributed by atoms with Crippen molar-refractivity contribution in [3.8, 4) is 0 Å². The third-order valence-electron chi connectivity index (χ3n) is 10.9. The second-order valence-corrected chi connectivity index (χ2v) is 13.2. The Morgan fingerprint density at radius 1 is 1.06 bits per heavy atom. The molecule has 0 aromatic carbocycles. The quantitative estimate of drug-likeness (QED) is 0.378. The molecular weight excluding hydrogens is 426 g/mol. The number of carbonyl (C=O) groups is 1. The molecule has 5 nitrogen and oxygen atoms in total. The highest BCUT2D eigenvalue weighted by Gasteiger charge is 2.63. The van der Waals surface area contributed by atoms with Crippen LogP contribution in [-0.2, 0) is 4.74 Å². The number of ether oxygens (including phenoxy) is 1. The molecule has 0 bridgehead atoms. The molecule has 194 valence electrons. The lowest BCUT2D eigenvalue weighted by Gasteiger charge is -2.62. The number of aliphatic hydroxyl groups excluding tert-OH is 2. The van der Waals surface area contributed by atoms with Gasteiger partial charge in [0.15, 0.2) is 0 Å². The Bertz CT molecular complexity index is 767. The Morgan fingerprint density at radius 3 is 2.41 bits per heavy atom. The van der Waals surface area contributed by atoms with Crippen LogP contribution in [0.3, 0.4) is 0 Å². The van der Waals surface area contributed by atoms with Crippen molar-refractivity contribution in [3.63, 3.8) is 0 Å². The molecule has 5 heteroatoms. The first-order valence-corrected chi connectivity index (χ1v) is 14.0. The molecule has 0 unspecified atom stereocenters. The molecule has 0 aliphatic heterocycles. The maximum absolute atomic E-state index is 12.8. The van der Waals surface area contributed by atoms with Crippen LogP contribution in [0.2, 0.25) is 0 Å². The summed E-state index contributed by atoms with van der Waals surface area (Å²) in [6, 6.07) is 0.0586. The van der Waals surface area contributed by atoms with Gasteiger partial charge in [-0.3, -0.25) is 0 Å². The summed E-state index contributed by atoms with van der Waals surface area (Å²) in [7, 11) is 0. The minimum absolute atomic E-state index is 0.0586. The van der Waals surface area contributed by atoms with Crippen LogP contribution < -0.4 is 5.32 Å². The molecule has 0 aromatic heterocycles. The van der Waals surface area contributed by atoms with Gasteiger partial charge in [-0.1, -0.05) is 27.4 Å². The summed E-state index contributed by atoms with van der Waals surface area (Å²) in [6.07, 6.45) is 9.72. The van der Waals surface area contributed by atoms with Crippen LogP contribution in [0.15, 0.2) is 12.3 Å². The van der Waals surface area contributed by atoms with Gasteiger partial charge >= 0.3 is 6.09 Å². The van der Waals surface area contributed by atoms with Gasteiger partial charge in [-0.15, -0.1) is 0 Å². The lowest BCUT2D eigenvalue weighted by Crippen LogP contribution is -2.59. The number of allylic oxidation sites excluding steroid dienone is 1. The summed E-state index contributed by atoms with van der Waals surface area (Å²) >= 11 is 0. The number of alkyl carbamates (subject to hydrolysis) is 1. The number of amides is 1.